The molecule has 0 aliphatic heterocycles. The molecule has 0 aliphatic rings. The summed E-state index contributed by atoms with van der Waals surface area (Å²) >= 11 is 0. The number of anilines is 1. The van der Waals surface area contributed by atoms with Gasteiger partial charge >= 0.3 is 0 Å². The lowest BCUT2D eigenvalue weighted by Gasteiger charge is -2.13. The largest absolute Gasteiger partial charge is 0.493 e. The van der Waals surface area contributed by atoms with Gasteiger partial charge in [0, 0.05) is 38.3 Å². The summed E-state index contributed by atoms with van der Waals surface area (Å²) in [6.45, 7) is 4.25. The average molecular weight is 532 g/mol. The molecular formula is C31H37N3O5. The van der Waals surface area contributed by atoms with Gasteiger partial charge in [-0.25, -0.2) is 0 Å². The molecule has 8 heteroatoms. The van der Waals surface area contributed by atoms with Crippen LogP contribution in [0.4, 0.5) is 5.69 Å². The topological polar surface area (TPSA) is 100 Å². The smallest absolute Gasteiger partial charge is 0.267 e. The molecule has 3 rings (SSSR count). The molecule has 3 aromatic rings. The van der Waals surface area contributed by atoms with E-state index in [1.54, 1.807) is 54.6 Å². The Morgan fingerprint density at radius 2 is 1.56 bits per heavy atom. The van der Waals surface area contributed by atoms with E-state index in [0.717, 1.165) is 12.1 Å². The van der Waals surface area contributed by atoms with Crippen molar-refractivity contribution in [1.29, 1.82) is 0 Å². The van der Waals surface area contributed by atoms with Crippen molar-refractivity contribution in [1.82, 2.24) is 10.6 Å². The monoisotopic (exact) mass is 531 g/mol. The van der Waals surface area contributed by atoms with Crippen LogP contribution in [0.15, 0.2) is 78.5 Å². The number of carbonyl (C=O) groups excluding carboxylic acids is 2. The zero-order valence-electron chi connectivity index (χ0n) is 22.9. The number of benzene rings is 3. The van der Waals surface area contributed by atoms with Crippen molar-refractivity contribution < 1.29 is 24.2 Å². The van der Waals surface area contributed by atoms with Gasteiger partial charge in [-0.15, -0.1) is 0 Å². The summed E-state index contributed by atoms with van der Waals surface area (Å²) in [6.07, 6.45) is 2.38. The Labute approximate surface area is 230 Å². The Bertz CT molecular complexity index is 1230. The van der Waals surface area contributed by atoms with Gasteiger partial charge in [0.05, 0.1) is 19.3 Å². The molecule has 0 aromatic heterocycles. The van der Waals surface area contributed by atoms with Gasteiger partial charge in [-0.3, -0.25) is 9.59 Å². The number of hydrogen-bond acceptors (Lipinski definition) is 6. The second kappa shape index (κ2) is 14.6. The molecule has 0 saturated heterocycles. The van der Waals surface area contributed by atoms with Crippen molar-refractivity contribution in [3.8, 4) is 11.5 Å². The van der Waals surface area contributed by atoms with Gasteiger partial charge < -0.3 is 30.1 Å². The summed E-state index contributed by atoms with van der Waals surface area (Å²) in [7, 11) is 4.01. The van der Waals surface area contributed by atoms with Gasteiger partial charge in [-0.1, -0.05) is 24.3 Å². The number of ether oxygens (including phenoxy) is 2. The number of nitrogens with zero attached hydrogens (tertiary/aromatic N) is 1. The summed E-state index contributed by atoms with van der Waals surface area (Å²) in [4.78, 5) is 27.7. The van der Waals surface area contributed by atoms with Crippen molar-refractivity contribution in [3.63, 3.8) is 0 Å². The van der Waals surface area contributed by atoms with Crippen LogP contribution in [0.5, 0.6) is 11.5 Å². The molecule has 0 unspecified atom stereocenters. The van der Waals surface area contributed by atoms with Crippen LogP contribution in [0.2, 0.25) is 0 Å². The van der Waals surface area contributed by atoms with Crippen molar-refractivity contribution in [2.75, 3.05) is 38.8 Å². The van der Waals surface area contributed by atoms with Gasteiger partial charge in [-0.2, -0.15) is 0 Å². The number of aliphatic hydroxyl groups is 1. The highest BCUT2D eigenvalue weighted by atomic mass is 16.5. The number of aliphatic hydroxyl groups excluding tert-OH is 1. The van der Waals surface area contributed by atoms with Crippen LogP contribution in [-0.4, -0.2) is 56.9 Å². The van der Waals surface area contributed by atoms with Crippen LogP contribution >= 0.6 is 0 Å². The maximum Gasteiger partial charge on any atom is 0.267 e. The molecule has 0 atom stereocenters. The van der Waals surface area contributed by atoms with Gasteiger partial charge in [0.25, 0.3) is 11.8 Å². The predicted octanol–water partition coefficient (Wildman–Crippen LogP) is 4.04. The first-order valence-corrected chi connectivity index (χ1v) is 12.9. The molecule has 0 fully saturated rings. The first kappa shape index (κ1) is 29.3. The number of hydrogen-bond donors (Lipinski definition) is 3. The second-order valence-electron chi connectivity index (χ2n) is 9.41. The Morgan fingerprint density at radius 1 is 0.923 bits per heavy atom. The first-order chi connectivity index (χ1) is 18.7. The predicted molar refractivity (Wildman–Crippen MR) is 154 cm³/mol. The van der Waals surface area contributed by atoms with Crippen LogP contribution in [0.1, 0.15) is 35.3 Å². The van der Waals surface area contributed by atoms with Crippen LogP contribution in [-0.2, 0) is 11.2 Å². The molecule has 2 amide bonds. The summed E-state index contributed by atoms with van der Waals surface area (Å²) in [5.41, 5.74) is 3.47. The van der Waals surface area contributed by atoms with Crippen LogP contribution < -0.4 is 25.0 Å². The molecule has 3 aromatic carbocycles. The summed E-state index contributed by atoms with van der Waals surface area (Å²) in [6, 6.07) is 22.3. The fourth-order valence-electron chi connectivity index (χ4n) is 3.65. The fraction of sp³-hybridized carbons (Fsp3) is 0.290. The van der Waals surface area contributed by atoms with Gasteiger partial charge in [0.1, 0.15) is 17.2 Å². The lowest BCUT2D eigenvalue weighted by Crippen LogP contribution is -2.36. The second-order valence-corrected chi connectivity index (χ2v) is 9.41. The highest BCUT2D eigenvalue weighted by molar-refractivity contribution is 6.05. The lowest BCUT2D eigenvalue weighted by molar-refractivity contribution is -0.117. The van der Waals surface area contributed by atoms with E-state index in [2.05, 4.69) is 39.8 Å². The number of nitrogens with one attached hydrogen (secondary N) is 2. The number of rotatable bonds is 13. The zero-order valence-corrected chi connectivity index (χ0v) is 22.9. The van der Waals surface area contributed by atoms with E-state index in [1.807, 2.05) is 27.9 Å². The molecule has 0 aliphatic carbocycles. The molecule has 0 spiro atoms. The van der Waals surface area contributed by atoms with Gasteiger partial charge in [0.15, 0.2) is 0 Å². The standard InChI is InChI=1S/C31H37N3O5/c1-22(2)39-28-13-7-24(8-14-28)21-29(31(37)32-18-19-35)33-30(36)25-9-15-27(16-10-25)38-20-17-23-5-11-26(12-6-23)34(3)4/h5-16,21-22,35H,17-20H2,1-4H3,(H,32,37)(H,33,36). The maximum absolute atomic E-state index is 12.9. The summed E-state index contributed by atoms with van der Waals surface area (Å²) in [5, 5.41) is 14.4. The normalized spacial score (nSPS) is 11.2. The van der Waals surface area contributed by atoms with Crippen LogP contribution in [0.25, 0.3) is 6.08 Å². The fourth-order valence-corrected chi connectivity index (χ4v) is 3.65. The van der Waals surface area contributed by atoms with Crippen molar-refractivity contribution in [3.05, 3.63) is 95.2 Å². The van der Waals surface area contributed by atoms with Gasteiger partial charge in [0.2, 0.25) is 0 Å². The lowest BCUT2D eigenvalue weighted by atomic mass is 10.1. The minimum atomic E-state index is -0.501. The first-order valence-electron chi connectivity index (χ1n) is 12.9. The van der Waals surface area contributed by atoms with Crippen LogP contribution in [0.3, 0.4) is 0 Å². The van der Waals surface area contributed by atoms with E-state index in [0.29, 0.717) is 29.2 Å². The third-order valence-corrected chi connectivity index (χ3v) is 5.68. The average Bonchev–Trinajstić information content (AvgIpc) is 2.92. The number of carbonyl (C=O) groups is 2. The Hall–Kier alpha value is -4.30. The molecule has 0 heterocycles. The van der Waals surface area contributed by atoms with Crippen molar-refractivity contribution >= 4 is 23.6 Å². The Balaban J connectivity index is 1.62. The highest BCUT2D eigenvalue weighted by Gasteiger charge is 2.15. The van der Waals surface area contributed by atoms with E-state index in [9.17, 15) is 9.59 Å². The minimum absolute atomic E-state index is 0.0442. The zero-order chi connectivity index (χ0) is 28.2. The Kier molecular flexibility index (Phi) is 10.9. The highest BCUT2D eigenvalue weighted by Crippen LogP contribution is 2.17. The molecule has 3 N–H and O–H groups in total. The molecule has 0 bridgehead atoms. The maximum atomic E-state index is 12.9. The summed E-state index contributed by atoms with van der Waals surface area (Å²) < 4.78 is 11.5. The third kappa shape index (κ3) is 9.50. The van der Waals surface area contributed by atoms with Crippen LogP contribution in [0, 0.1) is 0 Å². The van der Waals surface area contributed by atoms with E-state index in [-0.39, 0.29) is 25.0 Å². The van der Waals surface area contributed by atoms with E-state index in [1.165, 1.54) is 5.56 Å². The third-order valence-electron chi connectivity index (χ3n) is 5.68. The molecule has 39 heavy (non-hydrogen) atoms. The van der Waals surface area contributed by atoms with Gasteiger partial charge in [-0.05, 0) is 79.6 Å². The van der Waals surface area contributed by atoms with E-state index >= 15 is 0 Å². The molecular weight excluding hydrogens is 494 g/mol. The Morgan fingerprint density at radius 3 is 2.15 bits per heavy atom. The molecule has 8 nitrogen and oxygen atoms in total. The number of amides is 2. The van der Waals surface area contributed by atoms with E-state index in [4.69, 9.17) is 14.6 Å². The minimum Gasteiger partial charge on any atom is -0.493 e. The quantitative estimate of drug-likeness (QED) is 0.288. The SMILES string of the molecule is CC(C)Oc1ccc(C=C(NC(=O)c2ccc(OCCc3ccc(N(C)C)cc3)cc2)C(=O)NCCO)cc1. The molecule has 0 saturated carbocycles. The van der Waals surface area contributed by atoms with Crippen molar-refractivity contribution in [2.24, 2.45) is 0 Å². The molecule has 0 radical (unpaired) electrons. The van der Waals surface area contributed by atoms with Crippen molar-refractivity contribution in [2.45, 2.75) is 26.4 Å². The summed E-state index contributed by atoms with van der Waals surface area (Å²) in [5.74, 6) is 0.421. The molecule has 206 valence electrons. The van der Waals surface area contributed by atoms with E-state index < -0.39 is 11.8 Å².